The van der Waals surface area contributed by atoms with E-state index in [-0.39, 0.29) is 24.2 Å². The largest absolute Gasteiger partial charge is 0.493 e. The first kappa shape index (κ1) is 20.8. The number of nitrogens with one attached hydrogen (secondary N) is 1. The number of halogens is 1. The molecule has 0 aliphatic carbocycles. The molecule has 0 unspecified atom stereocenters. The summed E-state index contributed by atoms with van der Waals surface area (Å²) in [6.07, 6.45) is 0.327. The van der Waals surface area contributed by atoms with Gasteiger partial charge in [-0.3, -0.25) is 14.5 Å². The molecule has 1 fully saturated rings. The molecule has 0 radical (unpaired) electrons. The molecule has 1 N–H and O–H groups in total. The Bertz CT molecular complexity index is 851. The summed E-state index contributed by atoms with van der Waals surface area (Å²) in [6, 6.07) is 13.6. The Labute approximate surface area is 170 Å². The zero-order valence-electron chi connectivity index (χ0n) is 16.6. The van der Waals surface area contributed by atoms with Gasteiger partial charge in [0.25, 0.3) is 0 Å². The van der Waals surface area contributed by atoms with E-state index in [1.54, 1.807) is 17.0 Å². The van der Waals surface area contributed by atoms with Crippen molar-refractivity contribution < 1.29 is 18.7 Å². The lowest BCUT2D eigenvalue weighted by Crippen LogP contribution is -2.50. The molecule has 1 aliphatic heterocycles. The second-order valence-corrected chi connectivity index (χ2v) is 7.13. The first-order valence-corrected chi connectivity index (χ1v) is 9.74. The molecule has 2 aromatic rings. The lowest BCUT2D eigenvalue weighted by molar-refractivity contribution is -0.133. The molecule has 2 amide bonds. The SMILES string of the molecule is Cc1cccc(OCCC(=O)N2CCN(CC(=O)Nc3cccc(F)c3)CC2)c1. The molecule has 0 saturated carbocycles. The molecule has 1 heterocycles. The van der Waals surface area contributed by atoms with Gasteiger partial charge in [0.15, 0.2) is 0 Å². The van der Waals surface area contributed by atoms with E-state index in [1.165, 1.54) is 12.1 Å². The summed E-state index contributed by atoms with van der Waals surface area (Å²) < 4.78 is 18.8. The highest BCUT2D eigenvalue weighted by Crippen LogP contribution is 2.13. The number of aryl methyl sites for hydroxylation is 1. The van der Waals surface area contributed by atoms with E-state index in [0.717, 1.165) is 11.3 Å². The molecular weight excluding hydrogens is 373 g/mol. The Morgan fingerprint density at radius 2 is 1.83 bits per heavy atom. The highest BCUT2D eigenvalue weighted by atomic mass is 19.1. The quantitative estimate of drug-likeness (QED) is 0.778. The van der Waals surface area contributed by atoms with Gasteiger partial charge >= 0.3 is 0 Å². The van der Waals surface area contributed by atoms with Crippen molar-refractivity contribution in [1.82, 2.24) is 9.80 Å². The molecule has 29 heavy (non-hydrogen) atoms. The fourth-order valence-corrected chi connectivity index (χ4v) is 3.24. The van der Waals surface area contributed by atoms with Crippen LogP contribution in [0.2, 0.25) is 0 Å². The van der Waals surface area contributed by atoms with Crippen molar-refractivity contribution in [2.45, 2.75) is 13.3 Å². The average molecular weight is 399 g/mol. The highest BCUT2D eigenvalue weighted by Gasteiger charge is 2.22. The number of carbonyl (C=O) groups excluding carboxylic acids is 2. The van der Waals surface area contributed by atoms with Gasteiger partial charge in [0.1, 0.15) is 11.6 Å². The van der Waals surface area contributed by atoms with Gasteiger partial charge in [-0.2, -0.15) is 0 Å². The third kappa shape index (κ3) is 6.57. The fraction of sp³-hybridized carbons (Fsp3) is 0.364. The standard InChI is InChI=1S/C22H26FN3O3/c1-17-4-2-7-20(14-17)29-13-8-22(28)26-11-9-25(10-12-26)16-21(27)24-19-6-3-5-18(23)15-19/h2-7,14-15H,8-13,16H2,1H3,(H,24,27). The van der Waals surface area contributed by atoms with Gasteiger partial charge in [-0.25, -0.2) is 4.39 Å². The molecule has 0 bridgehead atoms. The van der Waals surface area contributed by atoms with E-state index < -0.39 is 0 Å². The van der Waals surface area contributed by atoms with E-state index in [9.17, 15) is 14.0 Å². The monoisotopic (exact) mass is 399 g/mol. The summed E-state index contributed by atoms with van der Waals surface area (Å²) in [5.41, 5.74) is 1.56. The number of hydrogen-bond donors (Lipinski definition) is 1. The summed E-state index contributed by atoms with van der Waals surface area (Å²) >= 11 is 0. The Balaban J connectivity index is 1.36. The van der Waals surface area contributed by atoms with Gasteiger partial charge in [-0.15, -0.1) is 0 Å². The molecular formula is C22H26FN3O3. The summed E-state index contributed by atoms with van der Waals surface area (Å²) in [5, 5.41) is 2.69. The van der Waals surface area contributed by atoms with Crippen LogP contribution in [0.5, 0.6) is 5.75 Å². The zero-order chi connectivity index (χ0) is 20.6. The van der Waals surface area contributed by atoms with Gasteiger partial charge in [-0.05, 0) is 42.8 Å². The predicted molar refractivity (Wildman–Crippen MR) is 109 cm³/mol. The van der Waals surface area contributed by atoms with Crippen molar-refractivity contribution in [3.63, 3.8) is 0 Å². The number of hydrogen-bond acceptors (Lipinski definition) is 4. The van der Waals surface area contributed by atoms with Crippen molar-refractivity contribution in [2.24, 2.45) is 0 Å². The minimum atomic E-state index is -0.388. The molecule has 0 aromatic heterocycles. The van der Waals surface area contributed by atoms with Crippen molar-refractivity contribution in [3.8, 4) is 5.75 Å². The summed E-state index contributed by atoms with van der Waals surface area (Å²) in [7, 11) is 0. The van der Waals surface area contributed by atoms with Gasteiger partial charge in [0, 0.05) is 31.9 Å². The number of ether oxygens (including phenoxy) is 1. The van der Waals surface area contributed by atoms with Crippen molar-refractivity contribution >= 4 is 17.5 Å². The van der Waals surface area contributed by atoms with Gasteiger partial charge in [-0.1, -0.05) is 18.2 Å². The first-order chi connectivity index (χ1) is 14.0. The molecule has 0 spiro atoms. The molecule has 3 rings (SSSR count). The molecule has 1 aliphatic rings. The van der Waals surface area contributed by atoms with E-state index in [1.807, 2.05) is 36.1 Å². The van der Waals surface area contributed by atoms with Crippen molar-refractivity contribution in [3.05, 3.63) is 59.9 Å². The number of benzene rings is 2. The molecule has 6 nitrogen and oxygen atoms in total. The van der Waals surface area contributed by atoms with Crippen molar-refractivity contribution in [1.29, 1.82) is 0 Å². The molecule has 7 heteroatoms. The summed E-state index contributed by atoms with van der Waals surface area (Å²) in [6.45, 7) is 4.97. The predicted octanol–water partition coefficient (Wildman–Crippen LogP) is 2.69. The molecule has 1 saturated heterocycles. The maximum Gasteiger partial charge on any atom is 0.238 e. The van der Waals surface area contributed by atoms with Crippen LogP contribution in [0.15, 0.2) is 48.5 Å². The zero-order valence-corrected chi connectivity index (χ0v) is 16.6. The number of rotatable bonds is 7. The Morgan fingerprint density at radius 1 is 1.07 bits per heavy atom. The van der Waals surface area contributed by atoms with Gasteiger partial charge in [0.05, 0.1) is 19.6 Å². The number of amides is 2. The number of anilines is 1. The molecule has 154 valence electrons. The smallest absolute Gasteiger partial charge is 0.238 e. The van der Waals surface area contributed by atoms with E-state index in [0.29, 0.717) is 44.9 Å². The summed E-state index contributed by atoms with van der Waals surface area (Å²) in [4.78, 5) is 28.3. The van der Waals surface area contributed by atoms with Crippen LogP contribution >= 0.6 is 0 Å². The Hall–Kier alpha value is -2.93. The van der Waals surface area contributed by atoms with Crippen LogP contribution in [0.4, 0.5) is 10.1 Å². The van der Waals surface area contributed by atoms with E-state index in [2.05, 4.69) is 5.32 Å². The Morgan fingerprint density at radius 3 is 2.55 bits per heavy atom. The second kappa shape index (κ2) is 10.0. The maximum absolute atomic E-state index is 13.2. The topological polar surface area (TPSA) is 61.9 Å². The number of carbonyl (C=O) groups is 2. The summed E-state index contributed by atoms with van der Waals surface area (Å²) in [5.74, 6) is 0.247. The molecule has 2 aromatic carbocycles. The molecule has 0 atom stereocenters. The van der Waals surface area contributed by atoms with Crippen LogP contribution < -0.4 is 10.1 Å². The highest BCUT2D eigenvalue weighted by molar-refractivity contribution is 5.92. The van der Waals surface area contributed by atoms with E-state index >= 15 is 0 Å². The average Bonchev–Trinajstić information content (AvgIpc) is 2.68. The Kier molecular flexibility index (Phi) is 7.19. The van der Waals surface area contributed by atoms with Crippen LogP contribution in [0.1, 0.15) is 12.0 Å². The van der Waals surface area contributed by atoms with Crippen LogP contribution in [-0.2, 0) is 9.59 Å². The fourth-order valence-electron chi connectivity index (χ4n) is 3.24. The minimum Gasteiger partial charge on any atom is -0.493 e. The number of piperazine rings is 1. The third-order valence-electron chi connectivity index (χ3n) is 4.77. The van der Waals surface area contributed by atoms with Crippen LogP contribution in [-0.4, -0.2) is 60.9 Å². The normalized spacial score (nSPS) is 14.5. The second-order valence-electron chi connectivity index (χ2n) is 7.13. The van der Waals surface area contributed by atoms with Crippen molar-refractivity contribution in [2.75, 3.05) is 44.6 Å². The lowest BCUT2D eigenvalue weighted by atomic mass is 10.2. The third-order valence-corrected chi connectivity index (χ3v) is 4.77. The van der Waals surface area contributed by atoms with Crippen LogP contribution in [0.3, 0.4) is 0 Å². The van der Waals surface area contributed by atoms with Gasteiger partial charge in [0.2, 0.25) is 11.8 Å². The van der Waals surface area contributed by atoms with E-state index in [4.69, 9.17) is 4.74 Å². The number of nitrogens with zero attached hydrogens (tertiary/aromatic N) is 2. The lowest BCUT2D eigenvalue weighted by Gasteiger charge is -2.34. The minimum absolute atomic E-state index is 0.0570. The van der Waals surface area contributed by atoms with Crippen LogP contribution in [0.25, 0.3) is 0 Å². The maximum atomic E-state index is 13.2. The first-order valence-electron chi connectivity index (χ1n) is 9.74. The van der Waals surface area contributed by atoms with Gasteiger partial charge < -0.3 is 15.0 Å². The van der Waals surface area contributed by atoms with Crippen LogP contribution in [0, 0.1) is 12.7 Å².